The van der Waals surface area contributed by atoms with Crippen molar-refractivity contribution in [3.05, 3.63) is 71.3 Å². The highest BCUT2D eigenvalue weighted by Crippen LogP contribution is 2.53. The van der Waals surface area contributed by atoms with Crippen LogP contribution < -0.4 is 0 Å². The maximum absolute atomic E-state index is 13.6. The molecule has 0 saturated carbocycles. The minimum absolute atomic E-state index is 0.00483. The van der Waals surface area contributed by atoms with Crippen LogP contribution in [0.2, 0.25) is 0 Å². The van der Waals surface area contributed by atoms with Gasteiger partial charge in [0.1, 0.15) is 11.4 Å². The highest BCUT2D eigenvalue weighted by Gasteiger charge is 2.47. The lowest BCUT2D eigenvalue weighted by atomic mass is 10.1. The Bertz CT molecular complexity index is 1360. The summed E-state index contributed by atoms with van der Waals surface area (Å²) in [5, 5.41) is 21.7. The SMILES string of the molecule is Cn1c(O)c2c(c1O)C1CN(C(=O)OC(C)(C)C)CCN1C2/C=C/c1ccc(-c2cccc(F)c2)cn1. The second kappa shape index (κ2) is 9.23. The first-order valence-electron chi connectivity index (χ1n) is 12.3. The van der Waals surface area contributed by atoms with Crippen LogP contribution in [0.3, 0.4) is 0 Å². The summed E-state index contributed by atoms with van der Waals surface area (Å²) in [5.41, 5.74) is 2.91. The Morgan fingerprint density at radius 3 is 2.54 bits per heavy atom. The van der Waals surface area contributed by atoms with E-state index in [0.29, 0.717) is 36.5 Å². The average molecular weight is 507 g/mol. The highest BCUT2D eigenvalue weighted by molar-refractivity contribution is 5.69. The normalized spacial score (nSPS) is 19.8. The number of nitrogens with zero attached hydrogens (tertiary/aromatic N) is 4. The maximum atomic E-state index is 13.6. The minimum Gasteiger partial charge on any atom is -0.494 e. The predicted octanol–water partition coefficient (Wildman–Crippen LogP) is 5.00. The summed E-state index contributed by atoms with van der Waals surface area (Å²) in [6, 6.07) is 9.51. The second-order valence-electron chi connectivity index (χ2n) is 10.5. The molecule has 0 spiro atoms. The van der Waals surface area contributed by atoms with E-state index in [4.69, 9.17) is 4.74 Å². The molecule has 2 aliphatic heterocycles. The van der Waals surface area contributed by atoms with Gasteiger partial charge in [-0.3, -0.25) is 14.5 Å². The molecule has 0 bridgehead atoms. The molecule has 0 aliphatic carbocycles. The van der Waals surface area contributed by atoms with Crippen LogP contribution in [0, 0.1) is 5.82 Å². The van der Waals surface area contributed by atoms with Gasteiger partial charge < -0.3 is 19.8 Å². The Kier molecular flexibility index (Phi) is 6.19. The van der Waals surface area contributed by atoms with E-state index < -0.39 is 11.7 Å². The van der Waals surface area contributed by atoms with Crippen molar-refractivity contribution in [3.63, 3.8) is 0 Å². The molecule has 0 radical (unpaired) electrons. The highest BCUT2D eigenvalue weighted by atomic mass is 19.1. The average Bonchev–Trinajstić information content (AvgIpc) is 3.29. The van der Waals surface area contributed by atoms with Crippen molar-refractivity contribution in [3.8, 4) is 22.9 Å². The molecular formula is C28H31FN4O4. The van der Waals surface area contributed by atoms with Gasteiger partial charge in [-0.1, -0.05) is 24.3 Å². The summed E-state index contributed by atoms with van der Waals surface area (Å²) < 4.78 is 20.5. The van der Waals surface area contributed by atoms with Crippen molar-refractivity contribution in [1.29, 1.82) is 0 Å². The van der Waals surface area contributed by atoms with E-state index in [1.54, 1.807) is 24.2 Å². The summed E-state index contributed by atoms with van der Waals surface area (Å²) >= 11 is 0. The van der Waals surface area contributed by atoms with Crippen LogP contribution in [0.4, 0.5) is 9.18 Å². The van der Waals surface area contributed by atoms with Crippen LogP contribution in [-0.4, -0.2) is 60.9 Å². The van der Waals surface area contributed by atoms with Crippen LogP contribution >= 0.6 is 0 Å². The first-order chi connectivity index (χ1) is 17.5. The summed E-state index contributed by atoms with van der Waals surface area (Å²) in [7, 11) is 1.61. The van der Waals surface area contributed by atoms with E-state index in [9.17, 15) is 19.4 Å². The van der Waals surface area contributed by atoms with Gasteiger partial charge in [0.05, 0.1) is 17.8 Å². The van der Waals surface area contributed by atoms with Crippen LogP contribution in [0.5, 0.6) is 11.8 Å². The fourth-order valence-electron chi connectivity index (χ4n) is 5.11. The number of hydrogen-bond donors (Lipinski definition) is 2. The van der Waals surface area contributed by atoms with E-state index in [1.807, 2.05) is 51.1 Å². The number of ether oxygens (including phenoxy) is 1. The number of aromatic hydroxyl groups is 2. The number of benzene rings is 1. The zero-order valence-electron chi connectivity index (χ0n) is 21.3. The molecule has 194 valence electrons. The number of amides is 1. The quantitative estimate of drug-likeness (QED) is 0.520. The third-order valence-electron chi connectivity index (χ3n) is 6.86. The van der Waals surface area contributed by atoms with E-state index in [2.05, 4.69) is 9.88 Å². The molecule has 3 aromatic rings. The van der Waals surface area contributed by atoms with Crippen LogP contribution in [0.1, 0.15) is 49.7 Å². The second-order valence-corrected chi connectivity index (χ2v) is 10.5. The summed E-state index contributed by atoms with van der Waals surface area (Å²) in [5.74, 6) is -0.317. The van der Waals surface area contributed by atoms with Crippen LogP contribution in [-0.2, 0) is 11.8 Å². The maximum Gasteiger partial charge on any atom is 0.410 e. The molecule has 2 N–H and O–H groups in total. The van der Waals surface area contributed by atoms with Gasteiger partial charge in [0.2, 0.25) is 0 Å². The molecule has 1 aromatic carbocycles. The van der Waals surface area contributed by atoms with Gasteiger partial charge in [0.15, 0.2) is 11.8 Å². The molecule has 1 fully saturated rings. The number of carbonyl (C=O) groups is 1. The van der Waals surface area contributed by atoms with Gasteiger partial charge in [0, 0.05) is 49.6 Å². The summed E-state index contributed by atoms with van der Waals surface area (Å²) in [4.78, 5) is 21.1. The molecule has 2 unspecified atom stereocenters. The van der Waals surface area contributed by atoms with Crippen LogP contribution in [0.25, 0.3) is 17.2 Å². The van der Waals surface area contributed by atoms with Crippen molar-refractivity contribution in [2.75, 3.05) is 19.6 Å². The zero-order chi connectivity index (χ0) is 26.5. The number of rotatable bonds is 3. The topological polar surface area (TPSA) is 91.1 Å². The van der Waals surface area contributed by atoms with E-state index in [0.717, 1.165) is 11.1 Å². The first kappa shape index (κ1) is 24.8. The molecule has 5 rings (SSSR count). The summed E-state index contributed by atoms with van der Waals surface area (Å²) in [6.07, 6.45) is 5.12. The minimum atomic E-state index is -0.606. The third kappa shape index (κ3) is 4.67. The molecule has 1 saturated heterocycles. The van der Waals surface area contributed by atoms with Crippen LogP contribution in [0.15, 0.2) is 48.7 Å². The number of fused-ring (bicyclic) bond motifs is 3. The van der Waals surface area contributed by atoms with Crippen molar-refractivity contribution < 1.29 is 24.1 Å². The Hall–Kier alpha value is -3.85. The smallest absolute Gasteiger partial charge is 0.410 e. The van der Waals surface area contributed by atoms with Gasteiger partial charge in [-0.15, -0.1) is 0 Å². The van der Waals surface area contributed by atoms with Crippen molar-refractivity contribution in [2.24, 2.45) is 7.05 Å². The lowest BCUT2D eigenvalue weighted by Crippen LogP contribution is -2.50. The Morgan fingerprint density at radius 2 is 1.86 bits per heavy atom. The Morgan fingerprint density at radius 1 is 1.11 bits per heavy atom. The number of hydrogen-bond acceptors (Lipinski definition) is 6. The van der Waals surface area contributed by atoms with E-state index >= 15 is 0 Å². The number of aromatic nitrogens is 2. The molecule has 8 nitrogen and oxygen atoms in total. The van der Waals surface area contributed by atoms with Gasteiger partial charge >= 0.3 is 6.09 Å². The molecule has 2 atom stereocenters. The first-order valence-corrected chi connectivity index (χ1v) is 12.3. The lowest BCUT2D eigenvalue weighted by Gasteiger charge is -2.40. The summed E-state index contributed by atoms with van der Waals surface area (Å²) in [6.45, 7) is 6.83. The molecule has 2 aliphatic rings. The number of piperazine rings is 1. The van der Waals surface area contributed by atoms with Crippen molar-refractivity contribution in [1.82, 2.24) is 19.4 Å². The number of halogens is 1. The van der Waals surface area contributed by atoms with Gasteiger partial charge in [-0.05, 0) is 50.6 Å². The zero-order valence-corrected chi connectivity index (χ0v) is 21.3. The molecule has 9 heteroatoms. The third-order valence-corrected chi connectivity index (χ3v) is 6.86. The lowest BCUT2D eigenvalue weighted by molar-refractivity contribution is 0.00237. The number of carbonyl (C=O) groups excluding carboxylic acids is 1. The molecule has 4 heterocycles. The standard InChI is InChI=1S/C28H31FN4O4/c1-28(2,3)37-27(36)32-12-13-33-21(23-24(22(33)16-32)26(35)31(4)25(23)34)11-10-20-9-8-18(15-30-20)17-6-5-7-19(29)14-17/h5-11,14-15,21-22,34-35H,12-13,16H2,1-4H3/b11-10+. The molecular weight excluding hydrogens is 475 g/mol. The van der Waals surface area contributed by atoms with Gasteiger partial charge in [-0.25, -0.2) is 9.18 Å². The van der Waals surface area contributed by atoms with E-state index in [1.165, 1.54) is 16.7 Å². The predicted molar refractivity (Wildman–Crippen MR) is 137 cm³/mol. The largest absolute Gasteiger partial charge is 0.494 e. The fourth-order valence-corrected chi connectivity index (χ4v) is 5.11. The number of pyridine rings is 1. The Labute approximate surface area is 215 Å². The van der Waals surface area contributed by atoms with Crippen molar-refractivity contribution in [2.45, 2.75) is 38.5 Å². The Balaban J connectivity index is 1.41. The monoisotopic (exact) mass is 506 g/mol. The van der Waals surface area contributed by atoms with E-state index in [-0.39, 0.29) is 29.7 Å². The molecule has 1 amide bonds. The van der Waals surface area contributed by atoms with Gasteiger partial charge in [0.25, 0.3) is 0 Å². The molecule has 2 aromatic heterocycles. The van der Waals surface area contributed by atoms with Crippen molar-refractivity contribution >= 4 is 12.2 Å². The molecule has 37 heavy (non-hydrogen) atoms. The van der Waals surface area contributed by atoms with Gasteiger partial charge in [-0.2, -0.15) is 0 Å². The fraction of sp³-hybridized carbons (Fsp3) is 0.357.